The van der Waals surface area contributed by atoms with Crippen molar-refractivity contribution in [2.75, 3.05) is 19.8 Å². The molecule has 134 valence electrons. The number of hydrogen-bond donors (Lipinski definition) is 0. The fourth-order valence-electron chi connectivity index (χ4n) is 3.80. The Kier molecular flexibility index (Phi) is 4.37. The maximum atomic E-state index is 13.0. The van der Waals surface area contributed by atoms with Crippen molar-refractivity contribution in [2.24, 2.45) is 5.92 Å². The third-order valence-corrected chi connectivity index (χ3v) is 5.32. The summed E-state index contributed by atoms with van der Waals surface area (Å²) < 4.78 is 8.81. The summed E-state index contributed by atoms with van der Waals surface area (Å²) in [4.78, 5) is 27.7. The number of nitrogens with zero attached hydrogens (tertiary/aromatic N) is 3. The van der Waals surface area contributed by atoms with E-state index >= 15 is 0 Å². The summed E-state index contributed by atoms with van der Waals surface area (Å²) in [5.74, 6) is 0.480. The summed E-state index contributed by atoms with van der Waals surface area (Å²) in [5, 5.41) is 0. The highest BCUT2D eigenvalue weighted by Gasteiger charge is 2.35. The summed E-state index contributed by atoms with van der Waals surface area (Å²) in [6, 6.07) is 8.05. The smallest absolute Gasteiger partial charge is 0.329 e. The molecule has 1 aliphatic heterocycles. The highest BCUT2D eigenvalue weighted by Crippen LogP contribution is 2.29. The zero-order valence-corrected chi connectivity index (χ0v) is 14.7. The van der Waals surface area contributed by atoms with Crippen LogP contribution in [0.1, 0.15) is 26.2 Å². The molecule has 1 saturated carbocycles. The molecule has 6 heteroatoms. The molecule has 0 radical (unpaired) electrons. The van der Waals surface area contributed by atoms with Crippen LogP contribution in [0.5, 0.6) is 0 Å². The zero-order valence-electron chi connectivity index (χ0n) is 14.7. The second-order valence-electron chi connectivity index (χ2n) is 7.11. The second kappa shape index (κ2) is 6.67. The molecule has 0 bridgehead atoms. The molecule has 6 nitrogen and oxygen atoms in total. The van der Waals surface area contributed by atoms with E-state index in [1.807, 2.05) is 36.1 Å². The van der Waals surface area contributed by atoms with Crippen LogP contribution in [-0.4, -0.2) is 45.7 Å². The van der Waals surface area contributed by atoms with Crippen LogP contribution in [0.25, 0.3) is 11.0 Å². The van der Waals surface area contributed by atoms with Gasteiger partial charge in [0.2, 0.25) is 5.91 Å². The monoisotopic (exact) mass is 343 g/mol. The van der Waals surface area contributed by atoms with E-state index in [9.17, 15) is 9.59 Å². The van der Waals surface area contributed by atoms with Gasteiger partial charge in [-0.05, 0) is 38.3 Å². The normalized spacial score (nSPS) is 20.3. The van der Waals surface area contributed by atoms with Crippen LogP contribution in [0.15, 0.2) is 29.1 Å². The molecule has 1 saturated heterocycles. The molecule has 0 unspecified atom stereocenters. The Morgan fingerprint density at radius 2 is 1.92 bits per heavy atom. The third kappa shape index (κ3) is 3.11. The topological polar surface area (TPSA) is 56.5 Å². The van der Waals surface area contributed by atoms with Gasteiger partial charge in [0.25, 0.3) is 0 Å². The Labute approximate surface area is 147 Å². The first-order chi connectivity index (χ1) is 12.2. The number of imidazole rings is 1. The number of rotatable bonds is 6. The van der Waals surface area contributed by atoms with E-state index in [-0.39, 0.29) is 18.1 Å². The number of amides is 1. The van der Waals surface area contributed by atoms with Gasteiger partial charge in [0, 0.05) is 31.7 Å². The molecule has 4 rings (SSSR count). The average molecular weight is 343 g/mol. The van der Waals surface area contributed by atoms with Crippen molar-refractivity contribution in [1.29, 1.82) is 0 Å². The summed E-state index contributed by atoms with van der Waals surface area (Å²) >= 11 is 0. The molecule has 2 aromatic rings. The second-order valence-corrected chi connectivity index (χ2v) is 7.11. The Balaban J connectivity index is 1.60. The highest BCUT2D eigenvalue weighted by atomic mass is 16.5. The molecule has 1 atom stereocenters. The van der Waals surface area contributed by atoms with E-state index in [1.165, 1.54) is 0 Å². The van der Waals surface area contributed by atoms with Crippen LogP contribution >= 0.6 is 0 Å². The number of aromatic nitrogens is 2. The quantitative estimate of drug-likeness (QED) is 0.804. The van der Waals surface area contributed by atoms with Crippen LogP contribution in [-0.2, 0) is 22.6 Å². The Morgan fingerprint density at radius 3 is 2.52 bits per heavy atom. The molecule has 1 aliphatic carbocycles. The minimum absolute atomic E-state index is 0.0514. The van der Waals surface area contributed by atoms with Gasteiger partial charge in [-0.15, -0.1) is 0 Å². The first-order valence-corrected chi connectivity index (χ1v) is 9.24. The third-order valence-electron chi connectivity index (χ3n) is 5.32. The van der Waals surface area contributed by atoms with Gasteiger partial charge in [0.05, 0.1) is 17.6 Å². The Morgan fingerprint density at radius 1 is 1.20 bits per heavy atom. The van der Waals surface area contributed by atoms with Gasteiger partial charge >= 0.3 is 5.69 Å². The number of para-hydroxylation sites is 2. The summed E-state index contributed by atoms with van der Waals surface area (Å²) in [5.41, 5.74) is 1.63. The summed E-state index contributed by atoms with van der Waals surface area (Å²) in [7, 11) is 0. The predicted molar refractivity (Wildman–Crippen MR) is 95.5 cm³/mol. The van der Waals surface area contributed by atoms with Crippen molar-refractivity contribution in [2.45, 2.75) is 45.3 Å². The molecule has 2 fully saturated rings. The van der Waals surface area contributed by atoms with Crippen molar-refractivity contribution < 1.29 is 9.53 Å². The average Bonchev–Trinajstić information content (AvgIpc) is 3.26. The van der Waals surface area contributed by atoms with Crippen LogP contribution in [0, 0.1) is 5.92 Å². The van der Waals surface area contributed by atoms with Crippen LogP contribution in [0.2, 0.25) is 0 Å². The standard InChI is InChI=1S/C19H25N3O3/c1-2-20-16-5-3-4-6-17(16)22(19(20)24)12-18(23)21(15-7-8-15)11-14-9-10-25-13-14/h3-6,14-15H,2,7-13H2,1H3/t14-/m0/s1. The molecule has 1 aromatic heterocycles. The van der Waals surface area contributed by atoms with Crippen molar-refractivity contribution in [3.63, 3.8) is 0 Å². The lowest BCUT2D eigenvalue weighted by Gasteiger charge is -2.25. The van der Waals surface area contributed by atoms with Gasteiger partial charge in [-0.3, -0.25) is 13.9 Å². The van der Waals surface area contributed by atoms with Gasteiger partial charge in [-0.2, -0.15) is 0 Å². The minimum atomic E-state index is -0.100. The number of aryl methyl sites for hydroxylation is 1. The lowest BCUT2D eigenvalue weighted by Crippen LogP contribution is -2.41. The predicted octanol–water partition coefficient (Wildman–Crippen LogP) is 1.85. The highest BCUT2D eigenvalue weighted by molar-refractivity contribution is 5.81. The molecule has 0 N–H and O–H groups in total. The molecular formula is C19H25N3O3. The number of fused-ring (bicyclic) bond motifs is 1. The number of carbonyl (C=O) groups excluding carboxylic acids is 1. The van der Waals surface area contributed by atoms with Crippen molar-refractivity contribution in [1.82, 2.24) is 14.0 Å². The lowest BCUT2D eigenvalue weighted by molar-refractivity contribution is -0.133. The van der Waals surface area contributed by atoms with Crippen molar-refractivity contribution in [3.8, 4) is 0 Å². The fourth-order valence-corrected chi connectivity index (χ4v) is 3.80. The first kappa shape index (κ1) is 16.4. The fraction of sp³-hybridized carbons (Fsp3) is 0.579. The minimum Gasteiger partial charge on any atom is -0.381 e. The molecule has 1 aromatic carbocycles. The number of hydrogen-bond acceptors (Lipinski definition) is 3. The van der Waals surface area contributed by atoms with E-state index in [2.05, 4.69) is 0 Å². The summed E-state index contributed by atoms with van der Waals surface area (Å²) in [6.07, 6.45) is 3.17. The molecule has 2 heterocycles. The molecule has 0 spiro atoms. The van der Waals surface area contributed by atoms with E-state index in [1.54, 1.807) is 9.13 Å². The molecular weight excluding hydrogens is 318 g/mol. The van der Waals surface area contributed by atoms with E-state index in [4.69, 9.17) is 4.74 Å². The van der Waals surface area contributed by atoms with Gasteiger partial charge < -0.3 is 9.64 Å². The largest absolute Gasteiger partial charge is 0.381 e. The maximum Gasteiger partial charge on any atom is 0.329 e. The number of ether oxygens (including phenoxy) is 1. The SMILES string of the molecule is CCn1c(=O)n(CC(=O)N(C[C@@H]2CCOC2)C2CC2)c2ccccc21. The maximum absolute atomic E-state index is 13.0. The van der Waals surface area contributed by atoms with Gasteiger partial charge in [-0.25, -0.2) is 4.79 Å². The van der Waals surface area contributed by atoms with E-state index in [0.717, 1.165) is 50.1 Å². The number of carbonyl (C=O) groups is 1. The lowest BCUT2D eigenvalue weighted by atomic mass is 10.1. The Bertz CT molecular complexity index is 828. The molecule has 25 heavy (non-hydrogen) atoms. The van der Waals surface area contributed by atoms with Gasteiger partial charge in [0.1, 0.15) is 6.54 Å². The van der Waals surface area contributed by atoms with E-state index in [0.29, 0.717) is 18.5 Å². The van der Waals surface area contributed by atoms with Crippen LogP contribution < -0.4 is 5.69 Å². The zero-order chi connectivity index (χ0) is 17.4. The van der Waals surface area contributed by atoms with Crippen molar-refractivity contribution >= 4 is 16.9 Å². The molecule has 2 aliphatic rings. The Hall–Kier alpha value is -2.08. The molecule has 1 amide bonds. The first-order valence-electron chi connectivity index (χ1n) is 9.24. The van der Waals surface area contributed by atoms with Gasteiger partial charge in [-0.1, -0.05) is 12.1 Å². The van der Waals surface area contributed by atoms with Crippen LogP contribution in [0.3, 0.4) is 0 Å². The number of benzene rings is 1. The van der Waals surface area contributed by atoms with E-state index < -0.39 is 0 Å². The van der Waals surface area contributed by atoms with Gasteiger partial charge in [0.15, 0.2) is 0 Å². The van der Waals surface area contributed by atoms with Crippen molar-refractivity contribution in [3.05, 3.63) is 34.7 Å². The van der Waals surface area contributed by atoms with Crippen LogP contribution in [0.4, 0.5) is 0 Å². The summed E-state index contributed by atoms with van der Waals surface area (Å²) in [6.45, 7) is 4.97.